The Kier molecular flexibility index (Phi) is 5.36. The molecule has 0 aromatic heterocycles. The summed E-state index contributed by atoms with van der Waals surface area (Å²) < 4.78 is 12.7. The number of ether oxygens (including phenoxy) is 2. The van der Waals surface area contributed by atoms with Gasteiger partial charge in [0.15, 0.2) is 0 Å². The minimum Gasteiger partial charge on any atom is -0.378 e. The van der Waals surface area contributed by atoms with Gasteiger partial charge in [0.05, 0.1) is 12.6 Å². The Balaban J connectivity index is 1.57. The van der Waals surface area contributed by atoms with Gasteiger partial charge in [-0.05, 0) is 43.5 Å². The first-order valence-corrected chi connectivity index (χ1v) is 8.85. The quantitative estimate of drug-likeness (QED) is 0.869. The third kappa shape index (κ3) is 3.94. The fourth-order valence-electron chi connectivity index (χ4n) is 3.62. The molecule has 2 aliphatic heterocycles. The van der Waals surface area contributed by atoms with Crippen molar-refractivity contribution in [3.63, 3.8) is 0 Å². The predicted molar refractivity (Wildman–Crippen MR) is 92.5 cm³/mol. The predicted octanol–water partition coefficient (Wildman–Crippen LogP) is 2.66. The average molecular weight is 383 g/mol. The minimum atomic E-state index is -0.231. The van der Waals surface area contributed by atoms with Gasteiger partial charge >= 0.3 is 0 Å². The lowest BCUT2D eigenvalue weighted by Crippen LogP contribution is -2.58. The number of carbonyl (C=O) groups is 1. The summed E-state index contributed by atoms with van der Waals surface area (Å²) >= 11 is 3.39. The molecule has 6 heteroatoms. The maximum Gasteiger partial charge on any atom is 0.238 e. The zero-order chi connectivity index (χ0) is 16.3. The van der Waals surface area contributed by atoms with E-state index in [4.69, 9.17) is 9.47 Å². The van der Waals surface area contributed by atoms with Gasteiger partial charge in [-0.25, -0.2) is 0 Å². The largest absolute Gasteiger partial charge is 0.378 e. The molecule has 2 aliphatic rings. The molecule has 0 aliphatic carbocycles. The van der Waals surface area contributed by atoms with Gasteiger partial charge in [-0.2, -0.15) is 0 Å². The molecule has 0 bridgehead atoms. The monoisotopic (exact) mass is 382 g/mol. The fourth-order valence-corrected chi connectivity index (χ4v) is 3.89. The van der Waals surface area contributed by atoms with Crippen LogP contribution in [0.25, 0.3) is 0 Å². The molecule has 2 heterocycles. The summed E-state index contributed by atoms with van der Waals surface area (Å²) in [5, 5.41) is 2.95. The number of carbonyl (C=O) groups excluding carboxylic acids is 1. The van der Waals surface area contributed by atoms with Gasteiger partial charge in [0.25, 0.3) is 0 Å². The molecule has 1 amide bonds. The number of nitrogens with one attached hydrogen (secondary N) is 1. The van der Waals surface area contributed by atoms with Crippen LogP contribution in [0.1, 0.15) is 19.3 Å². The highest BCUT2D eigenvalue weighted by Crippen LogP contribution is 2.36. The molecule has 3 rings (SSSR count). The summed E-state index contributed by atoms with van der Waals surface area (Å²) in [5.74, 6) is 0.0105. The lowest BCUT2D eigenvalue weighted by molar-refractivity contribution is -0.146. The molecule has 1 aromatic rings. The maximum atomic E-state index is 12.3. The first-order valence-electron chi connectivity index (χ1n) is 8.06. The number of likely N-dealkylation sites (tertiary alicyclic amines) is 1. The van der Waals surface area contributed by atoms with E-state index < -0.39 is 0 Å². The van der Waals surface area contributed by atoms with Crippen LogP contribution in [0.2, 0.25) is 0 Å². The van der Waals surface area contributed by atoms with Crippen molar-refractivity contribution in [3.8, 4) is 0 Å². The zero-order valence-electron chi connectivity index (χ0n) is 13.4. The number of piperidine rings is 1. The molecule has 1 aromatic carbocycles. The number of amides is 1. The highest BCUT2D eigenvalue weighted by atomic mass is 79.9. The summed E-state index contributed by atoms with van der Waals surface area (Å²) in [5.41, 5.74) is 0.585. The number of benzene rings is 1. The third-order valence-electron chi connectivity index (χ3n) is 4.70. The molecule has 1 N–H and O–H groups in total. The van der Waals surface area contributed by atoms with Crippen LogP contribution in [0, 0.1) is 0 Å². The molecule has 0 saturated carbocycles. The molecule has 2 saturated heterocycles. The minimum absolute atomic E-state index is 0.0105. The maximum absolute atomic E-state index is 12.3. The van der Waals surface area contributed by atoms with E-state index in [1.807, 2.05) is 24.3 Å². The Morgan fingerprint density at radius 1 is 1.48 bits per heavy atom. The lowest BCUT2D eigenvalue weighted by atomic mass is 9.87. The van der Waals surface area contributed by atoms with Crippen molar-refractivity contribution in [2.45, 2.75) is 31.0 Å². The van der Waals surface area contributed by atoms with Crippen LogP contribution in [0.5, 0.6) is 0 Å². The molecular formula is C17H23BrN2O3. The zero-order valence-corrected chi connectivity index (χ0v) is 15.0. The van der Waals surface area contributed by atoms with Gasteiger partial charge in [-0.3, -0.25) is 9.69 Å². The molecule has 0 radical (unpaired) electrons. The van der Waals surface area contributed by atoms with E-state index in [9.17, 15) is 4.79 Å². The van der Waals surface area contributed by atoms with Crippen LogP contribution in [-0.2, 0) is 14.3 Å². The highest BCUT2D eigenvalue weighted by Gasteiger charge is 2.47. The van der Waals surface area contributed by atoms with E-state index in [2.05, 4.69) is 26.1 Å². The Morgan fingerprint density at radius 2 is 2.26 bits per heavy atom. The van der Waals surface area contributed by atoms with Crippen LogP contribution < -0.4 is 5.32 Å². The first kappa shape index (κ1) is 16.9. The number of nitrogens with zero attached hydrogens (tertiary/aromatic N) is 1. The van der Waals surface area contributed by atoms with Crippen molar-refractivity contribution in [1.29, 1.82) is 0 Å². The number of rotatable bonds is 4. The van der Waals surface area contributed by atoms with Crippen LogP contribution >= 0.6 is 15.9 Å². The van der Waals surface area contributed by atoms with Crippen molar-refractivity contribution < 1.29 is 14.3 Å². The van der Waals surface area contributed by atoms with Crippen molar-refractivity contribution in [3.05, 3.63) is 28.7 Å². The number of anilines is 1. The molecule has 23 heavy (non-hydrogen) atoms. The third-order valence-corrected chi connectivity index (χ3v) is 5.23. The average Bonchev–Trinajstić information content (AvgIpc) is 2.98. The molecule has 0 unspecified atom stereocenters. The molecular weight excluding hydrogens is 360 g/mol. The van der Waals surface area contributed by atoms with Crippen molar-refractivity contribution in [1.82, 2.24) is 4.90 Å². The number of methoxy groups -OCH3 is 1. The standard InChI is InChI=1S/C17H23BrN2O3/c1-22-15-7-9-20(12-17(15)8-2-10-23-17)11-16(21)19-14-5-3-13(18)4-6-14/h3-6,15H,2,7-12H2,1H3,(H,19,21)/t15-,17+/m0/s1. The Morgan fingerprint density at radius 3 is 2.91 bits per heavy atom. The van der Waals surface area contributed by atoms with Crippen LogP contribution in [-0.4, -0.2) is 55.9 Å². The van der Waals surface area contributed by atoms with E-state index in [1.165, 1.54) is 0 Å². The van der Waals surface area contributed by atoms with Crippen molar-refractivity contribution in [2.24, 2.45) is 0 Å². The van der Waals surface area contributed by atoms with Gasteiger partial charge < -0.3 is 14.8 Å². The second-order valence-corrected chi connectivity index (χ2v) is 7.21. The fraction of sp³-hybridized carbons (Fsp3) is 0.588. The van der Waals surface area contributed by atoms with E-state index in [0.29, 0.717) is 6.54 Å². The van der Waals surface area contributed by atoms with Crippen LogP contribution in [0.4, 0.5) is 5.69 Å². The van der Waals surface area contributed by atoms with Gasteiger partial charge in [0, 0.05) is 37.0 Å². The Labute approximate surface area is 145 Å². The number of halogens is 1. The molecule has 126 valence electrons. The smallest absolute Gasteiger partial charge is 0.238 e. The summed E-state index contributed by atoms with van der Waals surface area (Å²) in [4.78, 5) is 14.5. The molecule has 2 atom stereocenters. The number of hydrogen-bond donors (Lipinski definition) is 1. The highest BCUT2D eigenvalue weighted by molar-refractivity contribution is 9.10. The summed E-state index contributed by atoms with van der Waals surface area (Å²) in [6, 6.07) is 7.61. The molecule has 5 nitrogen and oxygen atoms in total. The van der Waals surface area contributed by atoms with Crippen molar-refractivity contribution >= 4 is 27.5 Å². The molecule has 1 spiro atoms. The summed E-state index contributed by atoms with van der Waals surface area (Å²) in [6.45, 7) is 2.80. The molecule has 2 fully saturated rings. The van der Waals surface area contributed by atoms with Gasteiger partial charge in [0.2, 0.25) is 5.91 Å². The summed E-state index contributed by atoms with van der Waals surface area (Å²) in [7, 11) is 1.75. The van der Waals surface area contributed by atoms with E-state index in [0.717, 1.165) is 49.1 Å². The first-order chi connectivity index (χ1) is 11.1. The Hall–Kier alpha value is -0.950. The topological polar surface area (TPSA) is 50.8 Å². The second-order valence-electron chi connectivity index (χ2n) is 6.30. The SMILES string of the molecule is CO[C@H]1CCN(CC(=O)Nc2ccc(Br)cc2)C[C@]12CCCO2. The van der Waals surface area contributed by atoms with Crippen LogP contribution in [0.15, 0.2) is 28.7 Å². The van der Waals surface area contributed by atoms with Crippen molar-refractivity contribution in [2.75, 3.05) is 38.7 Å². The van der Waals surface area contributed by atoms with E-state index >= 15 is 0 Å². The number of hydrogen-bond acceptors (Lipinski definition) is 4. The van der Waals surface area contributed by atoms with Gasteiger partial charge in [-0.15, -0.1) is 0 Å². The van der Waals surface area contributed by atoms with Gasteiger partial charge in [0.1, 0.15) is 5.60 Å². The summed E-state index contributed by atoms with van der Waals surface area (Å²) in [6.07, 6.45) is 3.12. The Bertz CT molecular complexity index is 543. The second kappa shape index (κ2) is 7.30. The normalized spacial score (nSPS) is 28.2. The van der Waals surface area contributed by atoms with E-state index in [-0.39, 0.29) is 17.6 Å². The van der Waals surface area contributed by atoms with Gasteiger partial charge in [-0.1, -0.05) is 15.9 Å². The van der Waals surface area contributed by atoms with Crippen LogP contribution in [0.3, 0.4) is 0 Å². The lowest BCUT2D eigenvalue weighted by Gasteiger charge is -2.44. The van der Waals surface area contributed by atoms with E-state index in [1.54, 1.807) is 7.11 Å².